The van der Waals surface area contributed by atoms with Gasteiger partial charge in [-0.3, -0.25) is 0 Å². The molecular formula is C17H18O2. The molecule has 0 spiro atoms. The van der Waals surface area contributed by atoms with E-state index < -0.39 is 0 Å². The van der Waals surface area contributed by atoms with Crippen molar-refractivity contribution in [3.05, 3.63) is 48.0 Å². The first-order valence-electron chi connectivity index (χ1n) is 7.25. The Balaban J connectivity index is 1.48. The summed E-state index contributed by atoms with van der Waals surface area (Å²) in [7, 11) is 0. The highest BCUT2D eigenvalue weighted by molar-refractivity contribution is 5.89. The van der Waals surface area contributed by atoms with Gasteiger partial charge >= 0.3 is 5.97 Å². The van der Waals surface area contributed by atoms with E-state index in [9.17, 15) is 4.79 Å². The van der Waals surface area contributed by atoms with Crippen molar-refractivity contribution in [2.45, 2.75) is 25.4 Å². The van der Waals surface area contributed by atoms with Gasteiger partial charge in [-0.05, 0) is 49.1 Å². The highest BCUT2D eigenvalue weighted by Gasteiger charge is 2.53. The molecule has 2 heteroatoms. The number of carbonyl (C=O) groups excluding carboxylic acids is 1. The third-order valence-corrected chi connectivity index (χ3v) is 5.22. The number of carbonyl (C=O) groups is 1. The van der Waals surface area contributed by atoms with Crippen LogP contribution in [0.25, 0.3) is 0 Å². The normalized spacial score (nSPS) is 38.4. The predicted molar refractivity (Wildman–Crippen MR) is 72.6 cm³/mol. The zero-order valence-electron chi connectivity index (χ0n) is 10.9. The van der Waals surface area contributed by atoms with Crippen LogP contribution in [0.5, 0.6) is 0 Å². The molecule has 0 unspecified atom stereocenters. The van der Waals surface area contributed by atoms with Crippen LogP contribution in [-0.2, 0) is 4.74 Å². The van der Waals surface area contributed by atoms with Crippen molar-refractivity contribution in [3.8, 4) is 0 Å². The summed E-state index contributed by atoms with van der Waals surface area (Å²) in [6.45, 7) is 0. The average molecular weight is 254 g/mol. The van der Waals surface area contributed by atoms with E-state index in [0.717, 1.165) is 18.3 Å². The highest BCUT2D eigenvalue weighted by atomic mass is 16.5. The Labute approximate surface area is 113 Å². The lowest BCUT2D eigenvalue weighted by Gasteiger charge is -2.30. The summed E-state index contributed by atoms with van der Waals surface area (Å²) in [5.74, 6) is 2.71. The van der Waals surface area contributed by atoms with E-state index >= 15 is 0 Å². The first-order chi connectivity index (χ1) is 9.33. The van der Waals surface area contributed by atoms with Gasteiger partial charge in [-0.1, -0.05) is 30.4 Å². The fourth-order valence-electron chi connectivity index (χ4n) is 4.40. The number of esters is 1. The van der Waals surface area contributed by atoms with E-state index in [1.807, 2.05) is 30.3 Å². The molecule has 19 heavy (non-hydrogen) atoms. The molecule has 0 saturated heterocycles. The van der Waals surface area contributed by atoms with Crippen molar-refractivity contribution in [2.24, 2.45) is 23.7 Å². The molecule has 2 fully saturated rings. The van der Waals surface area contributed by atoms with Gasteiger partial charge < -0.3 is 4.74 Å². The van der Waals surface area contributed by atoms with Crippen molar-refractivity contribution in [3.63, 3.8) is 0 Å². The Bertz CT molecular complexity index is 519. The Kier molecular flexibility index (Phi) is 2.51. The van der Waals surface area contributed by atoms with Gasteiger partial charge in [0.25, 0.3) is 0 Å². The minimum Gasteiger partial charge on any atom is -0.458 e. The van der Waals surface area contributed by atoms with E-state index in [0.29, 0.717) is 17.4 Å². The smallest absolute Gasteiger partial charge is 0.338 e. The molecule has 5 atom stereocenters. The SMILES string of the molecule is O=C(O[C@@H]1C[C@H]2C[C@@H]1[C@H]1C=CC[C@H]21)c1ccccc1. The molecule has 0 radical (unpaired) electrons. The van der Waals surface area contributed by atoms with Crippen molar-refractivity contribution >= 4 is 5.97 Å². The van der Waals surface area contributed by atoms with Crippen LogP contribution in [0, 0.1) is 23.7 Å². The Hall–Kier alpha value is -1.57. The van der Waals surface area contributed by atoms with E-state index in [4.69, 9.17) is 4.74 Å². The highest BCUT2D eigenvalue weighted by Crippen LogP contribution is 2.57. The van der Waals surface area contributed by atoms with Crippen molar-refractivity contribution in [2.75, 3.05) is 0 Å². The number of hydrogen-bond donors (Lipinski definition) is 0. The number of fused-ring (bicyclic) bond motifs is 5. The van der Waals surface area contributed by atoms with Gasteiger partial charge in [-0.15, -0.1) is 0 Å². The minimum absolute atomic E-state index is 0.140. The number of hydrogen-bond acceptors (Lipinski definition) is 2. The first kappa shape index (κ1) is 11.3. The van der Waals surface area contributed by atoms with Gasteiger partial charge in [-0.2, -0.15) is 0 Å². The summed E-state index contributed by atoms with van der Waals surface area (Å²) in [5.41, 5.74) is 0.670. The summed E-state index contributed by atoms with van der Waals surface area (Å²) in [6.07, 6.45) is 8.39. The lowest BCUT2D eigenvalue weighted by Crippen LogP contribution is -2.32. The zero-order chi connectivity index (χ0) is 12.8. The number of allylic oxidation sites excluding steroid dienone is 2. The van der Waals surface area contributed by atoms with E-state index in [-0.39, 0.29) is 12.1 Å². The van der Waals surface area contributed by atoms with Gasteiger partial charge in [0.15, 0.2) is 0 Å². The lowest BCUT2D eigenvalue weighted by molar-refractivity contribution is 0.00501. The van der Waals surface area contributed by atoms with E-state index in [1.165, 1.54) is 12.8 Å². The van der Waals surface area contributed by atoms with Crippen molar-refractivity contribution in [1.29, 1.82) is 0 Å². The summed E-state index contributed by atoms with van der Waals surface area (Å²) >= 11 is 0. The average Bonchev–Trinajstić information content (AvgIpc) is 3.11. The minimum atomic E-state index is -0.156. The number of benzene rings is 1. The molecule has 3 aliphatic rings. The second-order valence-corrected chi connectivity index (χ2v) is 6.11. The molecule has 2 saturated carbocycles. The van der Waals surface area contributed by atoms with Crippen LogP contribution in [0.1, 0.15) is 29.6 Å². The van der Waals surface area contributed by atoms with Gasteiger partial charge in [-0.25, -0.2) is 4.79 Å². The predicted octanol–water partition coefficient (Wildman–Crippen LogP) is 3.44. The molecule has 4 rings (SSSR count). The topological polar surface area (TPSA) is 26.3 Å². The molecule has 0 heterocycles. The fraction of sp³-hybridized carbons (Fsp3) is 0.471. The Morgan fingerprint density at radius 3 is 2.79 bits per heavy atom. The standard InChI is InChI=1S/C17H18O2/c18-17(11-5-2-1-3-6-11)19-16-10-12-9-15(16)14-8-4-7-13(12)14/h1-6,8,12-16H,7,9-10H2/t12-,13-,14+,15-,16-/m1/s1. The Morgan fingerprint density at radius 1 is 1.11 bits per heavy atom. The monoisotopic (exact) mass is 254 g/mol. The maximum Gasteiger partial charge on any atom is 0.338 e. The van der Waals surface area contributed by atoms with Crippen molar-refractivity contribution < 1.29 is 9.53 Å². The van der Waals surface area contributed by atoms with E-state index in [2.05, 4.69) is 12.2 Å². The molecule has 0 aromatic heterocycles. The lowest BCUT2D eigenvalue weighted by atomic mass is 9.80. The quantitative estimate of drug-likeness (QED) is 0.597. The molecule has 98 valence electrons. The maximum absolute atomic E-state index is 12.1. The third-order valence-electron chi connectivity index (χ3n) is 5.22. The summed E-state index contributed by atoms with van der Waals surface area (Å²) in [6, 6.07) is 9.34. The summed E-state index contributed by atoms with van der Waals surface area (Å²) < 4.78 is 5.77. The maximum atomic E-state index is 12.1. The van der Waals surface area contributed by atoms with Crippen molar-refractivity contribution in [1.82, 2.24) is 0 Å². The van der Waals surface area contributed by atoms with Crippen LogP contribution in [0.15, 0.2) is 42.5 Å². The second-order valence-electron chi connectivity index (χ2n) is 6.11. The van der Waals surface area contributed by atoms with Gasteiger partial charge in [0, 0.05) is 5.92 Å². The molecule has 0 amide bonds. The number of ether oxygens (including phenoxy) is 1. The molecule has 3 aliphatic carbocycles. The Morgan fingerprint density at radius 2 is 1.95 bits per heavy atom. The number of rotatable bonds is 2. The van der Waals surface area contributed by atoms with Gasteiger partial charge in [0.05, 0.1) is 5.56 Å². The molecule has 2 nitrogen and oxygen atoms in total. The molecule has 1 aromatic carbocycles. The van der Waals surface area contributed by atoms with Crippen LogP contribution in [0.4, 0.5) is 0 Å². The van der Waals surface area contributed by atoms with E-state index in [1.54, 1.807) is 0 Å². The zero-order valence-corrected chi connectivity index (χ0v) is 10.9. The molecule has 1 aromatic rings. The molecule has 0 aliphatic heterocycles. The van der Waals surface area contributed by atoms with Gasteiger partial charge in [0.2, 0.25) is 0 Å². The molecule has 0 N–H and O–H groups in total. The third kappa shape index (κ3) is 1.73. The van der Waals surface area contributed by atoms with Gasteiger partial charge in [0.1, 0.15) is 6.10 Å². The molecule has 2 bridgehead atoms. The largest absolute Gasteiger partial charge is 0.458 e. The summed E-state index contributed by atoms with van der Waals surface area (Å²) in [5, 5.41) is 0. The van der Waals surface area contributed by atoms with Crippen LogP contribution in [-0.4, -0.2) is 12.1 Å². The van der Waals surface area contributed by atoms with Crippen LogP contribution >= 0.6 is 0 Å². The summed E-state index contributed by atoms with van der Waals surface area (Å²) in [4.78, 5) is 12.1. The molecular weight excluding hydrogens is 236 g/mol. The first-order valence-corrected chi connectivity index (χ1v) is 7.25. The fourth-order valence-corrected chi connectivity index (χ4v) is 4.40. The van der Waals surface area contributed by atoms with Crippen LogP contribution < -0.4 is 0 Å². The van der Waals surface area contributed by atoms with Crippen LogP contribution in [0.2, 0.25) is 0 Å². The van der Waals surface area contributed by atoms with Crippen LogP contribution in [0.3, 0.4) is 0 Å². The second kappa shape index (κ2) is 4.22.